The van der Waals surface area contributed by atoms with E-state index in [0.717, 1.165) is 46.2 Å². The summed E-state index contributed by atoms with van der Waals surface area (Å²) in [6, 6.07) is 8.88. The Labute approximate surface area is 149 Å². The van der Waals surface area contributed by atoms with Gasteiger partial charge in [-0.25, -0.2) is 14.4 Å². The van der Waals surface area contributed by atoms with E-state index < -0.39 is 0 Å². The van der Waals surface area contributed by atoms with Crippen molar-refractivity contribution in [2.24, 2.45) is 5.92 Å². The minimum absolute atomic E-state index is 0.247. The van der Waals surface area contributed by atoms with Crippen LogP contribution in [0.4, 0.5) is 4.39 Å². The fraction of sp³-hybridized carbons (Fsp3) is 0.300. The van der Waals surface area contributed by atoms with Crippen LogP contribution in [0.3, 0.4) is 0 Å². The summed E-state index contributed by atoms with van der Waals surface area (Å²) in [6.45, 7) is 2.08. The Morgan fingerprint density at radius 3 is 2.88 bits per heavy atom. The molecule has 0 saturated heterocycles. The van der Waals surface area contributed by atoms with Gasteiger partial charge in [-0.05, 0) is 49.1 Å². The maximum Gasteiger partial charge on any atom is 0.144 e. The molecule has 5 nitrogen and oxygen atoms in total. The predicted octanol–water partition coefficient (Wildman–Crippen LogP) is 4.05. The van der Waals surface area contributed by atoms with E-state index in [-0.39, 0.29) is 18.0 Å². The molecular weight excluding hydrogens is 331 g/mol. The van der Waals surface area contributed by atoms with E-state index in [9.17, 15) is 9.50 Å². The van der Waals surface area contributed by atoms with Crippen LogP contribution in [0.5, 0.6) is 0 Å². The van der Waals surface area contributed by atoms with E-state index in [1.54, 1.807) is 12.4 Å². The van der Waals surface area contributed by atoms with Gasteiger partial charge in [-0.1, -0.05) is 6.92 Å². The molecule has 0 aliphatic heterocycles. The van der Waals surface area contributed by atoms with E-state index >= 15 is 0 Å². The van der Waals surface area contributed by atoms with Crippen molar-refractivity contribution in [3.63, 3.8) is 0 Å². The molecule has 6 heteroatoms. The standard InChI is InChI=1S/C20H19FN4O/c1-11-6-14(9-18(11)26)25-5-4-15-19(22-10-23-20(15)25)17-8-12-7-13(21)2-3-16(12)24-17/h2-5,7-8,10-11,14,18,24,26H,6,9H2,1H3/t11-,14+,18-/m0/s1. The average Bonchev–Trinajstić information content (AvgIpc) is 3.31. The largest absolute Gasteiger partial charge is 0.393 e. The summed E-state index contributed by atoms with van der Waals surface area (Å²) in [5, 5.41) is 11.9. The van der Waals surface area contributed by atoms with Crippen molar-refractivity contribution >= 4 is 21.9 Å². The molecule has 0 bridgehead atoms. The Hall–Kier alpha value is -2.73. The smallest absolute Gasteiger partial charge is 0.144 e. The van der Waals surface area contributed by atoms with Crippen molar-refractivity contribution in [2.75, 3.05) is 0 Å². The van der Waals surface area contributed by atoms with Crippen molar-refractivity contribution < 1.29 is 9.50 Å². The van der Waals surface area contributed by atoms with Gasteiger partial charge in [0, 0.05) is 28.5 Å². The molecule has 3 heterocycles. The first-order valence-corrected chi connectivity index (χ1v) is 8.88. The summed E-state index contributed by atoms with van der Waals surface area (Å²) in [5.41, 5.74) is 3.39. The normalized spacial score (nSPS) is 23.3. The van der Waals surface area contributed by atoms with E-state index in [0.29, 0.717) is 5.92 Å². The maximum absolute atomic E-state index is 13.5. The first-order valence-electron chi connectivity index (χ1n) is 8.88. The molecule has 132 valence electrons. The molecular formula is C20H19FN4O. The third kappa shape index (κ3) is 2.33. The molecule has 2 N–H and O–H groups in total. The van der Waals surface area contributed by atoms with Crippen LogP contribution in [-0.2, 0) is 0 Å². The third-order valence-corrected chi connectivity index (χ3v) is 5.55. The quantitative estimate of drug-likeness (QED) is 0.573. The summed E-state index contributed by atoms with van der Waals surface area (Å²) >= 11 is 0. The monoisotopic (exact) mass is 350 g/mol. The Morgan fingerprint density at radius 1 is 1.19 bits per heavy atom. The van der Waals surface area contributed by atoms with Crippen LogP contribution in [0.1, 0.15) is 25.8 Å². The topological polar surface area (TPSA) is 66.7 Å². The number of hydrogen-bond donors (Lipinski definition) is 2. The molecule has 26 heavy (non-hydrogen) atoms. The fourth-order valence-corrected chi connectivity index (χ4v) is 4.13. The number of aromatic amines is 1. The first-order chi connectivity index (χ1) is 12.6. The van der Waals surface area contributed by atoms with Crippen LogP contribution in [0.15, 0.2) is 42.9 Å². The second kappa shape index (κ2) is 5.64. The summed E-state index contributed by atoms with van der Waals surface area (Å²) < 4.78 is 15.6. The number of benzene rings is 1. The number of H-pyrrole nitrogens is 1. The molecule has 1 aromatic carbocycles. The summed E-state index contributed by atoms with van der Waals surface area (Å²) in [6.07, 6.45) is 5.02. The van der Waals surface area contributed by atoms with Gasteiger partial charge >= 0.3 is 0 Å². The Morgan fingerprint density at radius 2 is 2.08 bits per heavy atom. The molecule has 1 fully saturated rings. The highest BCUT2D eigenvalue weighted by atomic mass is 19.1. The van der Waals surface area contributed by atoms with Crippen molar-refractivity contribution in [1.29, 1.82) is 0 Å². The second-order valence-corrected chi connectivity index (χ2v) is 7.27. The lowest BCUT2D eigenvalue weighted by Gasteiger charge is -2.13. The molecule has 0 radical (unpaired) electrons. The highest BCUT2D eigenvalue weighted by molar-refractivity contribution is 5.94. The third-order valence-electron chi connectivity index (χ3n) is 5.55. The van der Waals surface area contributed by atoms with Gasteiger partial charge in [0.15, 0.2) is 0 Å². The lowest BCUT2D eigenvalue weighted by molar-refractivity contribution is 0.139. The number of fused-ring (bicyclic) bond motifs is 2. The summed E-state index contributed by atoms with van der Waals surface area (Å²) in [4.78, 5) is 12.3. The van der Waals surface area contributed by atoms with Crippen LogP contribution in [0.2, 0.25) is 0 Å². The van der Waals surface area contributed by atoms with Crippen LogP contribution >= 0.6 is 0 Å². The molecule has 1 saturated carbocycles. The van der Waals surface area contributed by atoms with Crippen molar-refractivity contribution in [1.82, 2.24) is 19.5 Å². The molecule has 3 aromatic heterocycles. The Kier molecular flexibility index (Phi) is 3.37. The number of nitrogens with zero attached hydrogens (tertiary/aromatic N) is 3. The van der Waals surface area contributed by atoms with Crippen LogP contribution < -0.4 is 0 Å². The zero-order valence-corrected chi connectivity index (χ0v) is 14.4. The second-order valence-electron chi connectivity index (χ2n) is 7.27. The SMILES string of the molecule is C[C@H]1C[C@@H](n2ccc3c(-c4cc5cc(F)ccc5[nH]4)ncnc32)C[C@@H]1O. The van der Waals surface area contributed by atoms with Crippen molar-refractivity contribution in [3.8, 4) is 11.4 Å². The van der Waals surface area contributed by atoms with Gasteiger partial charge in [-0.3, -0.25) is 0 Å². The number of hydrogen-bond acceptors (Lipinski definition) is 3. The van der Waals surface area contributed by atoms with Gasteiger partial charge in [0.2, 0.25) is 0 Å². The molecule has 3 atom stereocenters. The zero-order valence-electron chi connectivity index (χ0n) is 14.4. The molecule has 5 rings (SSSR count). The number of halogens is 1. The van der Waals surface area contributed by atoms with E-state index in [2.05, 4.69) is 26.4 Å². The minimum Gasteiger partial charge on any atom is -0.393 e. The highest BCUT2D eigenvalue weighted by Crippen LogP contribution is 2.37. The van der Waals surface area contributed by atoms with Gasteiger partial charge in [0.05, 0.1) is 17.5 Å². The van der Waals surface area contributed by atoms with E-state index in [1.807, 2.05) is 18.3 Å². The number of aromatic nitrogens is 4. The predicted molar refractivity (Wildman–Crippen MR) is 98.2 cm³/mol. The van der Waals surface area contributed by atoms with E-state index in [4.69, 9.17) is 0 Å². The van der Waals surface area contributed by atoms with Crippen molar-refractivity contribution in [2.45, 2.75) is 31.9 Å². The number of aliphatic hydroxyl groups excluding tert-OH is 1. The Balaban J connectivity index is 1.62. The lowest BCUT2D eigenvalue weighted by Crippen LogP contribution is -2.08. The Bertz CT molecular complexity index is 1110. The zero-order chi connectivity index (χ0) is 17.8. The van der Waals surface area contributed by atoms with Crippen LogP contribution in [-0.4, -0.2) is 30.7 Å². The minimum atomic E-state index is -0.262. The fourth-order valence-electron chi connectivity index (χ4n) is 4.13. The number of nitrogens with one attached hydrogen (secondary N) is 1. The molecule has 0 unspecified atom stereocenters. The van der Waals surface area contributed by atoms with Crippen LogP contribution in [0, 0.1) is 11.7 Å². The average molecular weight is 350 g/mol. The molecule has 0 amide bonds. The maximum atomic E-state index is 13.5. The molecule has 4 aromatic rings. The highest BCUT2D eigenvalue weighted by Gasteiger charge is 2.31. The molecule has 0 spiro atoms. The lowest BCUT2D eigenvalue weighted by atomic mass is 10.1. The number of rotatable bonds is 2. The van der Waals surface area contributed by atoms with Gasteiger partial charge in [-0.2, -0.15) is 0 Å². The van der Waals surface area contributed by atoms with E-state index in [1.165, 1.54) is 12.1 Å². The molecule has 1 aliphatic carbocycles. The number of aliphatic hydroxyl groups is 1. The molecule has 1 aliphatic rings. The summed E-state index contributed by atoms with van der Waals surface area (Å²) in [7, 11) is 0. The van der Waals surface area contributed by atoms with Crippen LogP contribution in [0.25, 0.3) is 33.3 Å². The summed E-state index contributed by atoms with van der Waals surface area (Å²) in [5.74, 6) is 0.0401. The van der Waals surface area contributed by atoms with Gasteiger partial charge in [0.25, 0.3) is 0 Å². The first kappa shape index (κ1) is 15.5. The van der Waals surface area contributed by atoms with Crippen molar-refractivity contribution in [3.05, 3.63) is 48.7 Å². The van der Waals surface area contributed by atoms with Gasteiger partial charge in [-0.15, -0.1) is 0 Å². The van der Waals surface area contributed by atoms with Gasteiger partial charge in [0.1, 0.15) is 17.8 Å². The van der Waals surface area contributed by atoms with Gasteiger partial charge < -0.3 is 14.7 Å².